The van der Waals surface area contributed by atoms with E-state index in [-0.39, 0.29) is 6.61 Å². The number of para-hydroxylation sites is 2. The second kappa shape index (κ2) is 8.17. The van der Waals surface area contributed by atoms with Gasteiger partial charge in [0.05, 0.1) is 24.2 Å². The van der Waals surface area contributed by atoms with Crippen molar-refractivity contribution in [2.24, 2.45) is 0 Å². The maximum Gasteiger partial charge on any atom is 0.119 e. The minimum Gasteiger partial charge on any atom is -0.494 e. The molecule has 25 heavy (non-hydrogen) atoms. The van der Waals surface area contributed by atoms with E-state index in [1.54, 1.807) is 0 Å². The molecule has 0 radical (unpaired) electrons. The molecule has 0 atom stereocenters. The first kappa shape index (κ1) is 17.5. The minimum atomic E-state index is 0.124. The predicted octanol–water partition coefficient (Wildman–Crippen LogP) is 4.05. The number of aryl methyl sites for hydroxylation is 3. The van der Waals surface area contributed by atoms with Crippen molar-refractivity contribution in [2.45, 2.75) is 39.7 Å². The van der Waals surface area contributed by atoms with Gasteiger partial charge in [-0.1, -0.05) is 18.2 Å². The Morgan fingerprint density at radius 3 is 2.56 bits per heavy atom. The Bertz CT molecular complexity index is 819. The number of rotatable bonds is 8. The third kappa shape index (κ3) is 4.40. The SMILES string of the molecule is Cc1cc(C)cc(OCCCCn2c(CCO)nc3ccccc32)c1. The third-order valence-electron chi connectivity index (χ3n) is 4.31. The average Bonchev–Trinajstić information content (AvgIpc) is 2.92. The van der Waals surface area contributed by atoms with Gasteiger partial charge >= 0.3 is 0 Å². The summed E-state index contributed by atoms with van der Waals surface area (Å²) in [6.45, 7) is 5.91. The molecule has 0 unspecified atom stereocenters. The second-order valence-electron chi connectivity index (χ2n) is 6.52. The number of hydrogen-bond donors (Lipinski definition) is 1. The van der Waals surface area contributed by atoms with Crippen LogP contribution in [0.2, 0.25) is 0 Å². The number of benzene rings is 2. The Kier molecular flexibility index (Phi) is 5.71. The van der Waals surface area contributed by atoms with Gasteiger partial charge in [-0.15, -0.1) is 0 Å². The predicted molar refractivity (Wildman–Crippen MR) is 101 cm³/mol. The largest absolute Gasteiger partial charge is 0.494 e. The molecule has 0 spiro atoms. The van der Waals surface area contributed by atoms with Crippen molar-refractivity contribution in [3.05, 3.63) is 59.4 Å². The van der Waals surface area contributed by atoms with Crippen LogP contribution in [0.4, 0.5) is 0 Å². The number of aliphatic hydroxyl groups excluding tert-OH is 1. The van der Waals surface area contributed by atoms with Crippen molar-refractivity contribution in [2.75, 3.05) is 13.2 Å². The molecule has 2 aromatic carbocycles. The summed E-state index contributed by atoms with van der Waals surface area (Å²) >= 11 is 0. The molecule has 0 aliphatic heterocycles. The van der Waals surface area contributed by atoms with E-state index in [9.17, 15) is 5.11 Å². The van der Waals surface area contributed by atoms with Crippen molar-refractivity contribution in [3.63, 3.8) is 0 Å². The van der Waals surface area contributed by atoms with Crippen LogP contribution in [0.3, 0.4) is 0 Å². The summed E-state index contributed by atoms with van der Waals surface area (Å²) in [6.07, 6.45) is 2.59. The fourth-order valence-corrected chi connectivity index (χ4v) is 3.24. The highest BCUT2D eigenvalue weighted by atomic mass is 16.5. The van der Waals surface area contributed by atoms with Gasteiger partial charge in [-0.3, -0.25) is 0 Å². The lowest BCUT2D eigenvalue weighted by Gasteiger charge is -2.10. The van der Waals surface area contributed by atoms with Crippen LogP contribution in [0, 0.1) is 13.8 Å². The summed E-state index contributed by atoms with van der Waals surface area (Å²) in [6, 6.07) is 14.5. The van der Waals surface area contributed by atoms with Gasteiger partial charge in [-0.2, -0.15) is 0 Å². The molecule has 0 saturated heterocycles. The van der Waals surface area contributed by atoms with Crippen molar-refractivity contribution in [1.29, 1.82) is 0 Å². The molecule has 132 valence electrons. The average molecular weight is 338 g/mol. The van der Waals surface area contributed by atoms with Crippen LogP contribution in [-0.2, 0) is 13.0 Å². The Morgan fingerprint density at radius 1 is 1.04 bits per heavy atom. The standard InChI is InChI=1S/C21H26N2O2/c1-16-13-17(2)15-18(14-16)25-12-6-5-10-23-20-8-4-3-7-19(20)22-21(23)9-11-24/h3-4,7-8,13-15,24H,5-6,9-12H2,1-2H3. The molecule has 1 N–H and O–H groups in total. The maximum atomic E-state index is 9.28. The van der Waals surface area contributed by atoms with Gasteiger partial charge in [-0.05, 0) is 62.1 Å². The van der Waals surface area contributed by atoms with E-state index in [2.05, 4.69) is 47.7 Å². The van der Waals surface area contributed by atoms with E-state index >= 15 is 0 Å². The molecule has 4 heteroatoms. The normalized spacial score (nSPS) is 11.2. The van der Waals surface area contributed by atoms with E-state index in [4.69, 9.17) is 4.74 Å². The van der Waals surface area contributed by atoms with Crippen LogP contribution in [0.5, 0.6) is 5.75 Å². The van der Waals surface area contributed by atoms with Gasteiger partial charge in [0, 0.05) is 13.0 Å². The smallest absolute Gasteiger partial charge is 0.119 e. The number of aromatic nitrogens is 2. The zero-order valence-electron chi connectivity index (χ0n) is 15.0. The summed E-state index contributed by atoms with van der Waals surface area (Å²) in [5.74, 6) is 1.91. The summed E-state index contributed by atoms with van der Waals surface area (Å²) in [7, 11) is 0. The highest BCUT2D eigenvalue weighted by molar-refractivity contribution is 5.75. The monoisotopic (exact) mass is 338 g/mol. The lowest BCUT2D eigenvalue weighted by Crippen LogP contribution is -2.07. The van der Waals surface area contributed by atoms with Crippen LogP contribution in [0.1, 0.15) is 29.8 Å². The zero-order valence-corrected chi connectivity index (χ0v) is 15.0. The highest BCUT2D eigenvalue weighted by Crippen LogP contribution is 2.18. The molecule has 3 rings (SSSR count). The van der Waals surface area contributed by atoms with Gasteiger partial charge < -0.3 is 14.4 Å². The first-order valence-electron chi connectivity index (χ1n) is 8.93. The fourth-order valence-electron chi connectivity index (χ4n) is 3.24. The van der Waals surface area contributed by atoms with E-state index < -0.39 is 0 Å². The quantitative estimate of drug-likeness (QED) is 0.630. The number of imidazole rings is 1. The summed E-state index contributed by atoms with van der Waals surface area (Å²) in [5.41, 5.74) is 4.60. The van der Waals surface area contributed by atoms with Crippen LogP contribution in [0.15, 0.2) is 42.5 Å². The lowest BCUT2D eigenvalue weighted by atomic mass is 10.1. The highest BCUT2D eigenvalue weighted by Gasteiger charge is 2.09. The number of ether oxygens (including phenoxy) is 1. The molecule has 0 aliphatic carbocycles. The van der Waals surface area contributed by atoms with Gasteiger partial charge in [0.25, 0.3) is 0 Å². The van der Waals surface area contributed by atoms with Crippen LogP contribution in [0.25, 0.3) is 11.0 Å². The molecule has 0 bridgehead atoms. The minimum absolute atomic E-state index is 0.124. The number of unbranched alkanes of at least 4 members (excludes halogenated alkanes) is 1. The third-order valence-corrected chi connectivity index (χ3v) is 4.31. The van der Waals surface area contributed by atoms with Gasteiger partial charge in [0.2, 0.25) is 0 Å². The first-order chi connectivity index (χ1) is 12.2. The molecule has 4 nitrogen and oxygen atoms in total. The van der Waals surface area contributed by atoms with Crippen LogP contribution in [-0.4, -0.2) is 27.9 Å². The molecular formula is C21H26N2O2. The molecule has 0 aliphatic rings. The van der Waals surface area contributed by atoms with E-state index in [1.807, 2.05) is 18.2 Å². The summed E-state index contributed by atoms with van der Waals surface area (Å²) in [4.78, 5) is 4.64. The lowest BCUT2D eigenvalue weighted by molar-refractivity contribution is 0.292. The molecule has 1 heterocycles. The zero-order chi connectivity index (χ0) is 17.6. The van der Waals surface area contributed by atoms with E-state index in [1.165, 1.54) is 11.1 Å². The molecule has 3 aromatic rings. The van der Waals surface area contributed by atoms with Crippen molar-refractivity contribution < 1.29 is 9.84 Å². The molecule has 0 fully saturated rings. The van der Waals surface area contributed by atoms with Crippen molar-refractivity contribution in [1.82, 2.24) is 9.55 Å². The Morgan fingerprint density at radius 2 is 1.80 bits per heavy atom. The van der Waals surface area contributed by atoms with Gasteiger partial charge in [-0.25, -0.2) is 4.98 Å². The van der Waals surface area contributed by atoms with Gasteiger partial charge in [0.1, 0.15) is 11.6 Å². The summed E-state index contributed by atoms with van der Waals surface area (Å²) in [5, 5.41) is 9.28. The Hall–Kier alpha value is -2.33. The molecule has 0 amide bonds. The Balaban J connectivity index is 1.57. The van der Waals surface area contributed by atoms with Crippen molar-refractivity contribution >= 4 is 11.0 Å². The Labute approximate surface area is 149 Å². The van der Waals surface area contributed by atoms with Crippen molar-refractivity contribution in [3.8, 4) is 5.75 Å². The summed E-state index contributed by atoms with van der Waals surface area (Å²) < 4.78 is 8.11. The molecule has 1 aromatic heterocycles. The second-order valence-corrected chi connectivity index (χ2v) is 6.52. The van der Waals surface area contributed by atoms with Crippen LogP contribution < -0.4 is 4.74 Å². The number of fused-ring (bicyclic) bond motifs is 1. The first-order valence-corrected chi connectivity index (χ1v) is 8.93. The fraction of sp³-hybridized carbons (Fsp3) is 0.381. The maximum absolute atomic E-state index is 9.28. The molecule has 0 saturated carbocycles. The number of hydrogen-bond acceptors (Lipinski definition) is 3. The number of nitrogens with zero attached hydrogens (tertiary/aromatic N) is 2. The molecular weight excluding hydrogens is 312 g/mol. The van der Waals surface area contributed by atoms with E-state index in [0.29, 0.717) is 13.0 Å². The topological polar surface area (TPSA) is 47.3 Å². The van der Waals surface area contributed by atoms with E-state index in [0.717, 1.165) is 42.0 Å². The van der Waals surface area contributed by atoms with Gasteiger partial charge in [0.15, 0.2) is 0 Å². The number of aliphatic hydroxyl groups is 1. The van der Waals surface area contributed by atoms with Crippen LogP contribution >= 0.6 is 0 Å².